The molecule has 1 aliphatic rings. The molecule has 0 aliphatic carbocycles. The van der Waals surface area contributed by atoms with Gasteiger partial charge in [0.2, 0.25) is 5.91 Å². The van der Waals surface area contributed by atoms with Gasteiger partial charge in [-0.05, 0) is 32.9 Å². The van der Waals surface area contributed by atoms with E-state index in [1.54, 1.807) is 23.6 Å². The number of amides is 2. The third-order valence-electron chi connectivity index (χ3n) is 3.80. The highest BCUT2D eigenvalue weighted by Gasteiger charge is 2.27. The van der Waals surface area contributed by atoms with Crippen LogP contribution in [0.4, 0.5) is 4.79 Å². The van der Waals surface area contributed by atoms with Crippen molar-refractivity contribution in [3.63, 3.8) is 0 Å². The zero-order valence-corrected chi connectivity index (χ0v) is 14.8. The highest BCUT2D eigenvalue weighted by Crippen LogP contribution is 2.25. The van der Waals surface area contributed by atoms with E-state index in [2.05, 4.69) is 12.1 Å². The molecular formula is C17H24N2O3S. The second-order valence-corrected chi connectivity index (χ2v) is 7.00. The van der Waals surface area contributed by atoms with Gasteiger partial charge in [0.25, 0.3) is 0 Å². The largest absolute Gasteiger partial charge is 0.450 e. The van der Waals surface area contributed by atoms with Gasteiger partial charge in [-0.15, -0.1) is 11.8 Å². The maximum atomic E-state index is 12.5. The van der Waals surface area contributed by atoms with Crippen LogP contribution in [0.2, 0.25) is 0 Å². The average Bonchev–Trinajstić information content (AvgIpc) is 2.56. The molecule has 1 fully saturated rings. The van der Waals surface area contributed by atoms with E-state index >= 15 is 0 Å². The maximum absolute atomic E-state index is 12.5. The predicted octanol–water partition coefficient (Wildman–Crippen LogP) is 2.78. The maximum Gasteiger partial charge on any atom is 0.409 e. The lowest BCUT2D eigenvalue weighted by molar-refractivity contribution is -0.131. The van der Waals surface area contributed by atoms with Gasteiger partial charge >= 0.3 is 6.09 Å². The van der Waals surface area contributed by atoms with Crippen LogP contribution in [0.3, 0.4) is 0 Å². The SMILES string of the molecule is CCOC(=O)N1CCN(C(=O)[C@@H](C)Sc2ccc(C)cc2)CC1. The first-order valence-electron chi connectivity index (χ1n) is 7.95. The third-order valence-corrected chi connectivity index (χ3v) is 4.90. The monoisotopic (exact) mass is 336 g/mol. The van der Waals surface area contributed by atoms with E-state index in [0.29, 0.717) is 32.8 Å². The van der Waals surface area contributed by atoms with Gasteiger partial charge < -0.3 is 14.5 Å². The molecule has 6 heteroatoms. The zero-order chi connectivity index (χ0) is 16.8. The van der Waals surface area contributed by atoms with Crippen LogP contribution in [0.25, 0.3) is 0 Å². The quantitative estimate of drug-likeness (QED) is 0.794. The highest BCUT2D eigenvalue weighted by molar-refractivity contribution is 8.00. The normalized spacial score (nSPS) is 16.1. The summed E-state index contributed by atoms with van der Waals surface area (Å²) < 4.78 is 4.99. The fourth-order valence-electron chi connectivity index (χ4n) is 2.45. The van der Waals surface area contributed by atoms with Crippen LogP contribution in [-0.4, -0.2) is 59.8 Å². The number of carbonyl (C=O) groups excluding carboxylic acids is 2. The van der Waals surface area contributed by atoms with Crippen LogP contribution in [-0.2, 0) is 9.53 Å². The van der Waals surface area contributed by atoms with Crippen LogP contribution >= 0.6 is 11.8 Å². The van der Waals surface area contributed by atoms with Crippen molar-refractivity contribution >= 4 is 23.8 Å². The number of benzene rings is 1. The summed E-state index contributed by atoms with van der Waals surface area (Å²) in [6.45, 7) is 8.35. The molecule has 0 radical (unpaired) electrons. The number of ether oxygens (including phenoxy) is 1. The second kappa shape index (κ2) is 8.24. The first-order valence-corrected chi connectivity index (χ1v) is 8.83. The highest BCUT2D eigenvalue weighted by atomic mass is 32.2. The molecule has 0 saturated carbocycles. The molecule has 1 heterocycles. The summed E-state index contributed by atoms with van der Waals surface area (Å²) in [5, 5.41) is -0.133. The fourth-order valence-corrected chi connectivity index (χ4v) is 3.40. The van der Waals surface area contributed by atoms with Gasteiger partial charge in [-0.2, -0.15) is 0 Å². The molecule has 23 heavy (non-hydrogen) atoms. The molecule has 0 spiro atoms. The van der Waals surface area contributed by atoms with Gasteiger partial charge in [-0.3, -0.25) is 4.79 Å². The number of hydrogen-bond donors (Lipinski definition) is 0. The third kappa shape index (κ3) is 4.89. The number of aryl methyl sites for hydroxylation is 1. The molecule has 1 atom stereocenters. The Morgan fingerprint density at radius 3 is 2.26 bits per heavy atom. The standard InChI is InChI=1S/C17H24N2O3S/c1-4-22-17(21)19-11-9-18(10-12-19)16(20)14(3)23-15-7-5-13(2)6-8-15/h5-8,14H,4,9-12H2,1-3H3/t14-/m1/s1. The minimum atomic E-state index is -0.290. The number of piperazine rings is 1. The Morgan fingerprint density at radius 2 is 1.70 bits per heavy atom. The van der Waals surface area contributed by atoms with Gasteiger partial charge in [0, 0.05) is 31.1 Å². The molecule has 2 rings (SSSR count). The zero-order valence-electron chi connectivity index (χ0n) is 13.9. The average molecular weight is 336 g/mol. The van der Waals surface area contributed by atoms with E-state index in [-0.39, 0.29) is 17.3 Å². The minimum absolute atomic E-state index is 0.124. The summed E-state index contributed by atoms with van der Waals surface area (Å²) in [4.78, 5) is 28.8. The van der Waals surface area contributed by atoms with Crippen molar-refractivity contribution < 1.29 is 14.3 Å². The van der Waals surface area contributed by atoms with E-state index < -0.39 is 0 Å². The smallest absolute Gasteiger partial charge is 0.409 e. The number of carbonyl (C=O) groups is 2. The molecule has 0 aromatic heterocycles. The number of nitrogens with zero attached hydrogens (tertiary/aromatic N) is 2. The molecule has 0 bridgehead atoms. The summed E-state index contributed by atoms with van der Waals surface area (Å²) in [5.74, 6) is 0.124. The Hall–Kier alpha value is -1.69. The molecule has 126 valence electrons. The van der Waals surface area contributed by atoms with Crippen LogP contribution in [0.15, 0.2) is 29.2 Å². The Kier molecular flexibility index (Phi) is 6.33. The van der Waals surface area contributed by atoms with Crippen molar-refractivity contribution in [1.29, 1.82) is 0 Å². The van der Waals surface area contributed by atoms with Crippen molar-refractivity contribution in [3.8, 4) is 0 Å². The molecule has 2 amide bonds. The molecular weight excluding hydrogens is 312 g/mol. The van der Waals surface area contributed by atoms with Crippen molar-refractivity contribution in [2.24, 2.45) is 0 Å². The van der Waals surface area contributed by atoms with E-state index in [4.69, 9.17) is 4.74 Å². The number of hydrogen-bond acceptors (Lipinski definition) is 4. The summed E-state index contributed by atoms with van der Waals surface area (Å²) in [5.41, 5.74) is 1.21. The lowest BCUT2D eigenvalue weighted by Crippen LogP contribution is -2.52. The molecule has 5 nitrogen and oxygen atoms in total. The van der Waals surface area contributed by atoms with Crippen LogP contribution in [0.5, 0.6) is 0 Å². The summed E-state index contributed by atoms with van der Waals surface area (Å²) in [7, 11) is 0. The fraction of sp³-hybridized carbons (Fsp3) is 0.529. The van der Waals surface area contributed by atoms with Gasteiger partial charge in [-0.25, -0.2) is 4.79 Å². The van der Waals surface area contributed by atoms with Crippen LogP contribution in [0, 0.1) is 6.92 Å². The van der Waals surface area contributed by atoms with E-state index in [1.807, 2.05) is 30.9 Å². The Morgan fingerprint density at radius 1 is 1.13 bits per heavy atom. The van der Waals surface area contributed by atoms with Gasteiger partial charge in [0.15, 0.2) is 0 Å². The van der Waals surface area contributed by atoms with Crippen molar-refractivity contribution in [2.75, 3.05) is 32.8 Å². The summed E-state index contributed by atoms with van der Waals surface area (Å²) in [6.07, 6.45) is -0.290. The molecule has 1 saturated heterocycles. The summed E-state index contributed by atoms with van der Waals surface area (Å²) in [6, 6.07) is 8.19. The molecule has 1 aliphatic heterocycles. The lowest BCUT2D eigenvalue weighted by atomic mass is 10.2. The Labute approximate surface area is 142 Å². The van der Waals surface area contributed by atoms with Crippen LogP contribution < -0.4 is 0 Å². The molecule has 1 aromatic rings. The van der Waals surface area contributed by atoms with Gasteiger partial charge in [-0.1, -0.05) is 17.7 Å². The lowest BCUT2D eigenvalue weighted by Gasteiger charge is -2.35. The van der Waals surface area contributed by atoms with E-state index in [1.165, 1.54) is 5.56 Å². The summed E-state index contributed by atoms with van der Waals surface area (Å²) >= 11 is 1.57. The van der Waals surface area contributed by atoms with Crippen LogP contribution in [0.1, 0.15) is 19.4 Å². The minimum Gasteiger partial charge on any atom is -0.450 e. The predicted molar refractivity (Wildman–Crippen MR) is 91.7 cm³/mol. The Bertz CT molecular complexity index is 539. The van der Waals surface area contributed by atoms with Crippen molar-refractivity contribution in [2.45, 2.75) is 30.9 Å². The number of thioether (sulfide) groups is 1. The first-order chi connectivity index (χ1) is 11.0. The number of rotatable bonds is 4. The molecule has 1 aromatic carbocycles. The van der Waals surface area contributed by atoms with E-state index in [0.717, 1.165) is 4.90 Å². The Balaban J connectivity index is 1.84. The topological polar surface area (TPSA) is 49.9 Å². The van der Waals surface area contributed by atoms with Gasteiger partial charge in [0.1, 0.15) is 0 Å². The molecule has 0 N–H and O–H groups in total. The van der Waals surface area contributed by atoms with Gasteiger partial charge in [0.05, 0.1) is 11.9 Å². The van der Waals surface area contributed by atoms with E-state index in [9.17, 15) is 9.59 Å². The second-order valence-electron chi connectivity index (χ2n) is 5.58. The molecule has 0 unspecified atom stereocenters. The van der Waals surface area contributed by atoms with Crippen molar-refractivity contribution in [3.05, 3.63) is 29.8 Å². The van der Waals surface area contributed by atoms with Crippen molar-refractivity contribution in [1.82, 2.24) is 9.80 Å². The first kappa shape index (κ1) is 17.7.